The summed E-state index contributed by atoms with van der Waals surface area (Å²) in [6, 6.07) is 20.8. The van der Waals surface area contributed by atoms with Crippen LogP contribution in [0.25, 0.3) is 6.08 Å². The number of thioether (sulfide) groups is 1. The fraction of sp³-hybridized carbons (Fsp3) is 0.310. The number of rotatable bonds is 7. The standard InChI is InChI=1S/C29H29F3N4OS/c30-29(31,32)24-11-6-10-23(21-24)28-36(27(37)25(38-28)20-22-8-2-1-3-9-22)15-7-14-34-16-18-35(19-17-34)26-12-4-5-13-33-26/h1-6,8-13,20-21,28H,7,14-19H2/b25-20-. The molecule has 9 heteroatoms. The minimum Gasteiger partial charge on any atom is -0.354 e. The number of carbonyl (C=O) groups excluding carboxylic acids is 1. The predicted octanol–water partition coefficient (Wildman–Crippen LogP) is 5.93. The van der Waals surface area contributed by atoms with Crippen LogP contribution in [0.1, 0.15) is 28.5 Å². The highest BCUT2D eigenvalue weighted by Crippen LogP contribution is 2.47. The number of halogens is 3. The lowest BCUT2D eigenvalue weighted by molar-refractivity contribution is -0.137. The summed E-state index contributed by atoms with van der Waals surface area (Å²) in [5.74, 6) is 0.842. The van der Waals surface area contributed by atoms with Gasteiger partial charge in [-0.1, -0.05) is 60.3 Å². The summed E-state index contributed by atoms with van der Waals surface area (Å²) in [7, 11) is 0. The molecule has 0 aliphatic carbocycles. The van der Waals surface area contributed by atoms with Crippen LogP contribution in [-0.2, 0) is 11.0 Å². The lowest BCUT2D eigenvalue weighted by atomic mass is 10.1. The van der Waals surface area contributed by atoms with Crippen LogP contribution in [0.4, 0.5) is 19.0 Å². The van der Waals surface area contributed by atoms with Gasteiger partial charge in [0.25, 0.3) is 5.91 Å². The van der Waals surface area contributed by atoms with E-state index in [-0.39, 0.29) is 5.91 Å². The van der Waals surface area contributed by atoms with Gasteiger partial charge in [0.1, 0.15) is 11.2 Å². The summed E-state index contributed by atoms with van der Waals surface area (Å²) in [4.78, 5) is 24.8. The van der Waals surface area contributed by atoms with Gasteiger partial charge < -0.3 is 9.80 Å². The van der Waals surface area contributed by atoms with Crippen molar-refractivity contribution in [2.24, 2.45) is 0 Å². The maximum absolute atomic E-state index is 13.4. The Kier molecular flexibility index (Phi) is 8.04. The molecule has 5 rings (SSSR count). The highest BCUT2D eigenvalue weighted by molar-refractivity contribution is 8.04. The Morgan fingerprint density at radius 1 is 0.921 bits per heavy atom. The number of nitrogens with zero attached hydrogens (tertiary/aromatic N) is 4. The van der Waals surface area contributed by atoms with Crippen LogP contribution < -0.4 is 4.90 Å². The minimum absolute atomic E-state index is 0.138. The number of aromatic nitrogens is 1. The van der Waals surface area contributed by atoms with E-state index in [9.17, 15) is 18.0 Å². The molecule has 1 amide bonds. The zero-order chi connectivity index (χ0) is 26.5. The molecule has 0 spiro atoms. The Morgan fingerprint density at radius 2 is 1.68 bits per heavy atom. The van der Waals surface area contributed by atoms with Crippen molar-refractivity contribution in [3.05, 3.63) is 101 Å². The van der Waals surface area contributed by atoms with Crippen molar-refractivity contribution in [3.8, 4) is 0 Å². The maximum Gasteiger partial charge on any atom is 0.416 e. The molecule has 1 aromatic heterocycles. The van der Waals surface area contributed by atoms with Crippen molar-refractivity contribution in [2.75, 3.05) is 44.2 Å². The van der Waals surface area contributed by atoms with Crippen LogP contribution in [0.5, 0.6) is 0 Å². The minimum atomic E-state index is -4.44. The third-order valence-electron chi connectivity index (χ3n) is 6.81. The van der Waals surface area contributed by atoms with E-state index in [2.05, 4.69) is 14.8 Å². The first-order chi connectivity index (χ1) is 18.4. The smallest absolute Gasteiger partial charge is 0.354 e. The van der Waals surface area contributed by atoms with Gasteiger partial charge in [0.05, 0.1) is 10.5 Å². The molecule has 3 heterocycles. The molecule has 0 radical (unpaired) electrons. The Morgan fingerprint density at radius 3 is 2.39 bits per heavy atom. The van der Waals surface area contributed by atoms with E-state index < -0.39 is 17.1 Å². The summed E-state index contributed by atoms with van der Waals surface area (Å²) in [5.41, 5.74) is 0.673. The molecule has 1 atom stereocenters. The van der Waals surface area contributed by atoms with Crippen LogP contribution in [0.3, 0.4) is 0 Å². The third kappa shape index (κ3) is 6.22. The van der Waals surface area contributed by atoms with Crippen molar-refractivity contribution < 1.29 is 18.0 Å². The summed E-state index contributed by atoms with van der Waals surface area (Å²) in [6.07, 6.45) is -0.0727. The molecule has 5 nitrogen and oxygen atoms in total. The van der Waals surface area contributed by atoms with E-state index in [1.54, 1.807) is 17.2 Å². The lowest BCUT2D eigenvalue weighted by Crippen LogP contribution is -2.47. The van der Waals surface area contributed by atoms with Gasteiger partial charge in [0.2, 0.25) is 0 Å². The molecule has 3 aromatic rings. The van der Waals surface area contributed by atoms with Crippen LogP contribution in [0.15, 0.2) is 83.9 Å². The molecule has 198 valence electrons. The van der Waals surface area contributed by atoms with Gasteiger partial charge >= 0.3 is 6.18 Å². The number of benzene rings is 2. The molecule has 2 fully saturated rings. The van der Waals surface area contributed by atoms with Crippen LogP contribution in [0, 0.1) is 0 Å². The molecule has 2 saturated heterocycles. The predicted molar refractivity (Wildman–Crippen MR) is 145 cm³/mol. The fourth-order valence-corrected chi connectivity index (χ4v) is 6.09. The number of alkyl halides is 3. The van der Waals surface area contributed by atoms with Crippen LogP contribution in [-0.4, -0.2) is 60.0 Å². The van der Waals surface area contributed by atoms with E-state index >= 15 is 0 Å². The highest BCUT2D eigenvalue weighted by atomic mass is 32.2. The second-order valence-corrected chi connectivity index (χ2v) is 10.5. The van der Waals surface area contributed by atoms with Gasteiger partial charge in [-0.25, -0.2) is 4.98 Å². The topological polar surface area (TPSA) is 39.7 Å². The molecule has 0 saturated carbocycles. The summed E-state index contributed by atoms with van der Waals surface area (Å²) in [5, 5.41) is -0.499. The molecule has 2 aliphatic heterocycles. The van der Waals surface area contributed by atoms with E-state index in [0.29, 0.717) is 17.0 Å². The van der Waals surface area contributed by atoms with Crippen molar-refractivity contribution in [2.45, 2.75) is 18.0 Å². The summed E-state index contributed by atoms with van der Waals surface area (Å²) in [6.45, 7) is 4.85. The summed E-state index contributed by atoms with van der Waals surface area (Å²) < 4.78 is 40.3. The normalized spacial score (nSPS) is 19.9. The van der Waals surface area contributed by atoms with E-state index in [1.165, 1.54) is 23.9 Å². The van der Waals surface area contributed by atoms with Crippen molar-refractivity contribution in [3.63, 3.8) is 0 Å². The summed E-state index contributed by atoms with van der Waals surface area (Å²) >= 11 is 1.32. The van der Waals surface area contributed by atoms with Crippen LogP contribution >= 0.6 is 11.8 Å². The van der Waals surface area contributed by atoms with Gasteiger partial charge in [0.15, 0.2) is 0 Å². The van der Waals surface area contributed by atoms with Crippen molar-refractivity contribution in [1.29, 1.82) is 0 Å². The molecule has 0 N–H and O–H groups in total. The zero-order valence-corrected chi connectivity index (χ0v) is 21.7. The van der Waals surface area contributed by atoms with Crippen molar-refractivity contribution >= 4 is 29.6 Å². The van der Waals surface area contributed by atoms with Gasteiger partial charge in [-0.15, -0.1) is 0 Å². The molecule has 1 unspecified atom stereocenters. The SMILES string of the molecule is O=C1/C(=C/c2ccccc2)SC(c2cccc(C(F)(F)F)c2)N1CCCN1CCN(c2ccccn2)CC1. The second-order valence-electron chi connectivity index (χ2n) is 9.38. The monoisotopic (exact) mass is 538 g/mol. The Hall–Kier alpha value is -3.30. The molecule has 2 aromatic carbocycles. The Labute approximate surface area is 225 Å². The number of amides is 1. The Bertz CT molecular complexity index is 1260. The van der Waals surface area contributed by atoms with E-state index in [1.807, 2.05) is 54.6 Å². The number of anilines is 1. The van der Waals surface area contributed by atoms with E-state index in [4.69, 9.17) is 0 Å². The average Bonchev–Trinajstić information content (AvgIpc) is 3.24. The molecule has 38 heavy (non-hydrogen) atoms. The number of carbonyl (C=O) groups is 1. The number of hydrogen-bond donors (Lipinski definition) is 0. The first-order valence-electron chi connectivity index (χ1n) is 12.7. The first-order valence-corrected chi connectivity index (χ1v) is 13.6. The van der Waals surface area contributed by atoms with Crippen molar-refractivity contribution in [1.82, 2.24) is 14.8 Å². The largest absolute Gasteiger partial charge is 0.416 e. The van der Waals surface area contributed by atoms with Gasteiger partial charge in [-0.05, 0) is 54.4 Å². The zero-order valence-electron chi connectivity index (χ0n) is 20.8. The molecular weight excluding hydrogens is 509 g/mol. The average molecular weight is 539 g/mol. The maximum atomic E-state index is 13.4. The number of piperazine rings is 1. The Balaban J connectivity index is 1.27. The van der Waals surface area contributed by atoms with Crippen LogP contribution in [0.2, 0.25) is 0 Å². The van der Waals surface area contributed by atoms with Gasteiger partial charge in [0, 0.05) is 38.9 Å². The quantitative estimate of drug-likeness (QED) is 0.349. The van der Waals surface area contributed by atoms with Gasteiger partial charge in [-0.2, -0.15) is 13.2 Å². The molecular formula is C29H29F3N4OS. The molecule has 2 aliphatic rings. The first kappa shape index (κ1) is 26.3. The fourth-order valence-electron chi connectivity index (χ4n) is 4.82. The molecule has 0 bridgehead atoms. The second kappa shape index (κ2) is 11.6. The van der Waals surface area contributed by atoms with Gasteiger partial charge in [-0.3, -0.25) is 9.69 Å². The number of hydrogen-bond acceptors (Lipinski definition) is 5. The third-order valence-corrected chi connectivity index (χ3v) is 8.10. The lowest BCUT2D eigenvalue weighted by Gasteiger charge is -2.35. The van der Waals surface area contributed by atoms with E-state index in [0.717, 1.165) is 56.6 Å². The highest BCUT2D eigenvalue weighted by Gasteiger charge is 2.38. The number of pyridine rings is 1.